The Morgan fingerprint density at radius 2 is 1.58 bits per heavy atom. The summed E-state index contributed by atoms with van der Waals surface area (Å²) in [7, 11) is -3.73. The summed E-state index contributed by atoms with van der Waals surface area (Å²) in [5.41, 5.74) is 3.13. The number of carbonyl (C=O) groups is 2. The van der Waals surface area contributed by atoms with Crippen molar-refractivity contribution in [2.75, 3.05) is 23.7 Å². The zero-order chi connectivity index (χ0) is 24.8. The zero-order valence-corrected chi connectivity index (χ0v) is 21.1. The largest absolute Gasteiger partial charge is 0.354 e. The molecule has 0 fully saturated rings. The maximum absolute atomic E-state index is 13.5. The van der Waals surface area contributed by atoms with Gasteiger partial charge >= 0.3 is 0 Å². The van der Waals surface area contributed by atoms with Crippen molar-refractivity contribution in [2.24, 2.45) is 5.92 Å². The van der Waals surface area contributed by atoms with E-state index >= 15 is 0 Å². The molecule has 0 saturated heterocycles. The summed E-state index contributed by atoms with van der Waals surface area (Å²) < 4.78 is 26.3. The number of amides is 2. The topological polar surface area (TPSA) is 86.8 Å². The number of carbonyl (C=O) groups excluding carboxylic acids is 2. The molecule has 0 aromatic heterocycles. The van der Waals surface area contributed by atoms with Gasteiger partial charge in [-0.3, -0.25) is 13.9 Å². The lowest BCUT2D eigenvalue weighted by Gasteiger charge is -2.32. The minimum atomic E-state index is -3.73. The van der Waals surface area contributed by atoms with Crippen LogP contribution in [0.5, 0.6) is 0 Å². The average Bonchev–Trinajstić information content (AvgIpc) is 2.74. The van der Waals surface area contributed by atoms with E-state index in [4.69, 9.17) is 0 Å². The predicted octanol–water partition coefficient (Wildman–Crippen LogP) is 3.26. The highest BCUT2D eigenvalue weighted by Crippen LogP contribution is 2.23. The Hall–Kier alpha value is -2.87. The summed E-state index contributed by atoms with van der Waals surface area (Å²) in [6, 6.07) is 13.9. The first-order valence-electron chi connectivity index (χ1n) is 11.1. The van der Waals surface area contributed by atoms with Gasteiger partial charge in [-0.15, -0.1) is 0 Å². The number of rotatable bonds is 10. The first-order chi connectivity index (χ1) is 15.4. The number of nitrogens with zero attached hydrogens (tertiary/aromatic N) is 2. The molecule has 0 saturated carbocycles. The second-order valence-electron chi connectivity index (χ2n) is 8.88. The molecule has 33 heavy (non-hydrogen) atoms. The molecule has 0 bridgehead atoms. The van der Waals surface area contributed by atoms with Gasteiger partial charge in [0.2, 0.25) is 21.8 Å². The highest BCUT2D eigenvalue weighted by atomic mass is 32.2. The first kappa shape index (κ1) is 26.4. The molecule has 0 aliphatic rings. The fourth-order valence-electron chi connectivity index (χ4n) is 3.36. The molecule has 1 atom stereocenters. The lowest BCUT2D eigenvalue weighted by atomic mass is 10.1. The molecule has 2 aromatic rings. The smallest absolute Gasteiger partial charge is 0.244 e. The van der Waals surface area contributed by atoms with E-state index in [1.807, 2.05) is 51.1 Å². The molecule has 0 spiro atoms. The van der Waals surface area contributed by atoms with Gasteiger partial charge in [0.25, 0.3) is 0 Å². The number of hydrogen-bond donors (Lipinski definition) is 1. The van der Waals surface area contributed by atoms with E-state index in [1.54, 1.807) is 32.0 Å². The van der Waals surface area contributed by atoms with Crippen molar-refractivity contribution in [1.82, 2.24) is 10.2 Å². The van der Waals surface area contributed by atoms with Crippen molar-refractivity contribution in [3.05, 3.63) is 65.2 Å². The highest BCUT2D eigenvalue weighted by Gasteiger charge is 2.30. The Morgan fingerprint density at radius 1 is 0.970 bits per heavy atom. The van der Waals surface area contributed by atoms with E-state index in [2.05, 4.69) is 5.32 Å². The van der Waals surface area contributed by atoms with Gasteiger partial charge in [0.05, 0.1) is 11.9 Å². The number of hydrogen-bond acceptors (Lipinski definition) is 4. The van der Waals surface area contributed by atoms with Gasteiger partial charge in [0.15, 0.2) is 0 Å². The van der Waals surface area contributed by atoms with Crippen molar-refractivity contribution >= 4 is 27.5 Å². The summed E-state index contributed by atoms with van der Waals surface area (Å²) >= 11 is 0. The van der Waals surface area contributed by atoms with Crippen LogP contribution in [0.15, 0.2) is 48.5 Å². The molecule has 2 aromatic carbocycles. The first-order valence-corrected chi connectivity index (χ1v) is 12.9. The van der Waals surface area contributed by atoms with Crippen LogP contribution in [0.2, 0.25) is 0 Å². The Bertz CT molecular complexity index is 1070. The van der Waals surface area contributed by atoms with E-state index in [0.29, 0.717) is 12.2 Å². The van der Waals surface area contributed by atoms with E-state index < -0.39 is 28.5 Å². The lowest BCUT2D eigenvalue weighted by molar-refractivity contribution is -0.139. The van der Waals surface area contributed by atoms with Crippen LogP contribution in [0.3, 0.4) is 0 Å². The van der Waals surface area contributed by atoms with Gasteiger partial charge in [-0.05, 0) is 43.9 Å². The average molecular weight is 474 g/mol. The van der Waals surface area contributed by atoms with Gasteiger partial charge in [0.1, 0.15) is 12.6 Å². The van der Waals surface area contributed by atoms with E-state index in [1.165, 1.54) is 4.90 Å². The zero-order valence-electron chi connectivity index (χ0n) is 20.3. The third kappa shape index (κ3) is 7.60. The van der Waals surface area contributed by atoms with Crippen molar-refractivity contribution in [3.8, 4) is 0 Å². The van der Waals surface area contributed by atoms with E-state index in [9.17, 15) is 18.0 Å². The fourth-order valence-corrected chi connectivity index (χ4v) is 4.27. The van der Waals surface area contributed by atoms with Crippen LogP contribution in [-0.2, 0) is 26.2 Å². The number of anilines is 1. The molecule has 0 radical (unpaired) electrons. The molecular formula is C25H35N3O4S. The predicted molar refractivity (Wildman–Crippen MR) is 132 cm³/mol. The van der Waals surface area contributed by atoms with Crippen LogP contribution in [0.1, 0.15) is 37.5 Å². The van der Waals surface area contributed by atoms with Gasteiger partial charge in [-0.2, -0.15) is 0 Å². The molecule has 0 aliphatic carbocycles. The van der Waals surface area contributed by atoms with E-state index in [0.717, 1.165) is 27.3 Å². The molecule has 2 amide bonds. The lowest BCUT2D eigenvalue weighted by Crippen LogP contribution is -2.51. The van der Waals surface area contributed by atoms with Crippen LogP contribution in [0.25, 0.3) is 0 Å². The van der Waals surface area contributed by atoms with Crippen LogP contribution < -0.4 is 9.62 Å². The summed E-state index contributed by atoms with van der Waals surface area (Å²) in [5.74, 6) is -0.452. The molecule has 8 heteroatoms. The van der Waals surface area contributed by atoms with Gasteiger partial charge in [0, 0.05) is 13.1 Å². The normalized spacial score (nSPS) is 12.3. The number of aryl methyl sites for hydroxylation is 2. The van der Waals surface area contributed by atoms with Crippen molar-refractivity contribution in [1.29, 1.82) is 0 Å². The van der Waals surface area contributed by atoms with Crippen LogP contribution in [0, 0.1) is 19.8 Å². The maximum atomic E-state index is 13.5. The SMILES string of the molecule is Cc1ccc(CN(C(=O)CN(c2ccccc2C)S(C)(=O)=O)[C@H](C)C(=O)NCC(C)C)cc1. The minimum absolute atomic E-state index is 0.195. The standard InChI is InChI=1S/C25H35N3O4S/c1-18(2)15-26-25(30)21(5)27(16-22-13-11-19(3)12-14-22)24(29)17-28(33(6,31)32)23-10-8-7-9-20(23)4/h7-14,18,21H,15-17H2,1-6H3,(H,26,30)/t21-/m1/s1. The summed E-state index contributed by atoms with van der Waals surface area (Å²) in [5, 5.41) is 2.87. The molecule has 7 nitrogen and oxygen atoms in total. The van der Waals surface area contributed by atoms with Gasteiger partial charge < -0.3 is 10.2 Å². The van der Waals surface area contributed by atoms with Crippen molar-refractivity contribution in [3.63, 3.8) is 0 Å². The monoisotopic (exact) mass is 473 g/mol. The Morgan fingerprint density at radius 3 is 2.12 bits per heavy atom. The molecule has 0 aliphatic heterocycles. The quantitative estimate of drug-likeness (QED) is 0.574. The molecule has 1 N–H and O–H groups in total. The third-order valence-electron chi connectivity index (χ3n) is 5.39. The molecule has 0 heterocycles. The fraction of sp³-hybridized carbons (Fsp3) is 0.440. The molecule has 180 valence electrons. The van der Waals surface area contributed by atoms with Crippen LogP contribution in [0.4, 0.5) is 5.69 Å². The second kappa shape index (κ2) is 11.3. The summed E-state index contributed by atoms with van der Waals surface area (Å²) in [4.78, 5) is 27.7. The van der Waals surface area contributed by atoms with Crippen molar-refractivity contribution < 1.29 is 18.0 Å². The van der Waals surface area contributed by atoms with Crippen LogP contribution in [-0.4, -0.2) is 50.5 Å². The Kier molecular flexibility index (Phi) is 9.05. The molecule has 0 unspecified atom stereocenters. The molecular weight excluding hydrogens is 438 g/mol. The second-order valence-corrected chi connectivity index (χ2v) is 10.8. The van der Waals surface area contributed by atoms with Crippen molar-refractivity contribution in [2.45, 2.75) is 47.2 Å². The maximum Gasteiger partial charge on any atom is 0.244 e. The summed E-state index contributed by atoms with van der Waals surface area (Å²) in [6.45, 7) is 9.72. The number of nitrogens with one attached hydrogen (secondary N) is 1. The number of sulfonamides is 1. The Labute approximate surface area is 197 Å². The minimum Gasteiger partial charge on any atom is -0.354 e. The summed E-state index contributed by atoms with van der Waals surface area (Å²) in [6.07, 6.45) is 1.08. The number of para-hydroxylation sites is 1. The number of benzene rings is 2. The van der Waals surface area contributed by atoms with Gasteiger partial charge in [-0.25, -0.2) is 8.42 Å². The van der Waals surface area contributed by atoms with E-state index in [-0.39, 0.29) is 18.4 Å². The highest BCUT2D eigenvalue weighted by molar-refractivity contribution is 7.92. The Balaban J connectivity index is 2.36. The van der Waals surface area contributed by atoms with Gasteiger partial charge in [-0.1, -0.05) is 61.9 Å². The third-order valence-corrected chi connectivity index (χ3v) is 6.52. The van der Waals surface area contributed by atoms with Crippen LogP contribution >= 0.6 is 0 Å². The molecule has 2 rings (SSSR count).